The highest BCUT2D eigenvalue weighted by Crippen LogP contribution is 2.63. The summed E-state index contributed by atoms with van der Waals surface area (Å²) in [6.45, 7) is 9.13. The lowest BCUT2D eigenvalue weighted by atomic mass is 9.46. The molecule has 2 nitrogen and oxygen atoms in total. The van der Waals surface area contributed by atoms with Crippen molar-refractivity contribution in [3.05, 3.63) is 11.6 Å². The van der Waals surface area contributed by atoms with Gasteiger partial charge in [-0.3, -0.25) is 4.79 Å². The molecule has 0 aromatic heterocycles. The second-order valence-electron chi connectivity index (χ2n) is 9.05. The first kappa shape index (κ1) is 16.1. The van der Waals surface area contributed by atoms with Crippen molar-refractivity contribution in [2.45, 2.75) is 79.1 Å². The highest BCUT2D eigenvalue weighted by atomic mass is 16.4. The zero-order valence-electron chi connectivity index (χ0n) is 14.7. The fourth-order valence-electron chi connectivity index (χ4n) is 6.04. The number of carbonyl (C=O) groups is 1. The van der Waals surface area contributed by atoms with Crippen LogP contribution in [0.15, 0.2) is 11.6 Å². The standard InChI is InChI=1S/C20H32O2/c1-5-18(2)12-9-15-14(13-18)7-8-16-19(15,3)10-6-11-20(16,4)17(21)22/h9,14,16H,5-8,10-13H2,1-4H3,(H,21,22)/t14-,16-,18-,19-,20+/m0/s1. The highest BCUT2D eigenvalue weighted by Gasteiger charge is 2.57. The summed E-state index contributed by atoms with van der Waals surface area (Å²) in [7, 11) is 0. The molecule has 3 rings (SSSR count). The van der Waals surface area contributed by atoms with Gasteiger partial charge in [-0.05, 0) is 68.1 Å². The average Bonchev–Trinajstić information content (AvgIpc) is 2.46. The Morgan fingerprint density at radius 3 is 2.64 bits per heavy atom. The summed E-state index contributed by atoms with van der Waals surface area (Å²) in [5.74, 6) is 0.451. The number of allylic oxidation sites excluding steroid dienone is 2. The first-order chi connectivity index (χ1) is 10.3. The summed E-state index contributed by atoms with van der Waals surface area (Å²) in [5, 5.41) is 9.85. The summed E-state index contributed by atoms with van der Waals surface area (Å²) in [6.07, 6.45) is 11.7. The summed E-state index contributed by atoms with van der Waals surface area (Å²) in [5.41, 5.74) is 1.69. The van der Waals surface area contributed by atoms with E-state index >= 15 is 0 Å². The van der Waals surface area contributed by atoms with E-state index in [1.807, 2.05) is 6.92 Å². The molecule has 0 saturated heterocycles. The zero-order chi connectivity index (χ0) is 16.2. The number of carboxylic acids is 1. The van der Waals surface area contributed by atoms with Crippen molar-refractivity contribution in [3.8, 4) is 0 Å². The molecule has 0 aromatic carbocycles. The summed E-state index contributed by atoms with van der Waals surface area (Å²) in [4.78, 5) is 12.0. The van der Waals surface area contributed by atoms with E-state index in [0.717, 1.165) is 19.3 Å². The Morgan fingerprint density at radius 2 is 2.00 bits per heavy atom. The van der Waals surface area contributed by atoms with Crippen molar-refractivity contribution in [3.63, 3.8) is 0 Å². The van der Waals surface area contributed by atoms with Crippen molar-refractivity contribution in [1.29, 1.82) is 0 Å². The quantitative estimate of drug-likeness (QED) is 0.691. The van der Waals surface area contributed by atoms with Crippen LogP contribution in [0.1, 0.15) is 79.1 Å². The van der Waals surface area contributed by atoms with Crippen LogP contribution in [0, 0.1) is 28.1 Å². The van der Waals surface area contributed by atoms with Gasteiger partial charge in [-0.25, -0.2) is 0 Å². The van der Waals surface area contributed by atoms with Gasteiger partial charge in [0.05, 0.1) is 5.41 Å². The van der Waals surface area contributed by atoms with E-state index < -0.39 is 11.4 Å². The molecular weight excluding hydrogens is 272 g/mol. The first-order valence-electron chi connectivity index (χ1n) is 9.19. The van der Waals surface area contributed by atoms with Gasteiger partial charge < -0.3 is 5.11 Å². The molecule has 3 aliphatic rings. The molecular formula is C20H32O2. The van der Waals surface area contributed by atoms with Crippen LogP contribution in [0.3, 0.4) is 0 Å². The molecule has 0 heterocycles. The topological polar surface area (TPSA) is 37.3 Å². The van der Waals surface area contributed by atoms with E-state index in [1.54, 1.807) is 5.57 Å². The normalized spacial score (nSPS) is 48.1. The lowest BCUT2D eigenvalue weighted by Gasteiger charge is -2.58. The Kier molecular flexibility index (Phi) is 3.73. The van der Waals surface area contributed by atoms with Crippen molar-refractivity contribution in [2.75, 3.05) is 0 Å². The number of aliphatic carboxylic acids is 1. The maximum atomic E-state index is 12.0. The minimum Gasteiger partial charge on any atom is -0.481 e. The number of fused-ring (bicyclic) bond motifs is 3. The number of hydrogen-bond donors (Lipinski definition) is 1. The second kappa shape index (κ2) is 5.11. The highest BCUT2D eigenvalue weighted by molar-refractivity contribution is 5.75. The molecule has 0 unspecified atom stereocenters. The Bertz CT molecular complexity index is 508. The third-order valence-corrected chi connectivity index (χ3v) is 7.73. The van der Waals surface area contributed by atoms with Gasteiger partial charge in [0.1, 0.15) is 0 Å². The molecule has 0 spiro atoms. The molecule has 0 bridgehead atoms. The minimum atomic E-state index is -0.573. The Morgan fingerprint density at radius 1 is 1.27 bits per heavy atom. The Balaban J connectivity index is 1.98. The molecule has 0 radical (unpaired) electrons. The molecule has 22 heavy (non-hydrogen) atoms. The van der Waals surface area contributed by atoms with Gasteiger partial charge in [0.2, 0.25) is 0 Å². The predicted molar refractivity (Wildman–Crippen MR) is 89.6 cm³/mol. The van der Waals surface area contributed by atoms with Crippen LogP contribution in [0.25, 0.3) is 0 Å². The molecule has 2 heteroatoms. The molecule has 0 aromatic rings. The third-order valence-electron chi connectivity index (χ3n) is 7.73. The first-order valence-corrected chi connectivity index (χ1v) is 9.19. The molecule has 0 amide bonds. The maximum Gasteiger partial charge on any atom is 0.309 e. The largest absolute Gasteiger partial charge is 0.481 e. The molecule has 0 aliphatic heterocycles. The summed E-state index contributed by atoms with van der Waals surface area (Å²) < 4.78 is 0. The van der Waals surface area contributed by atoms with Gasteiger partial charge in [0.25, 0.3) is 0 Å². The SMILES string of the molecule is CC[C@@]1(C)CC=C2[C@@H](CC[C@@H]3[C@](C)(C(=O)O)CCC[C@@]23C)C1. The number of hydrogen-bond acceptors (Lipinski definition) is 1. The minimum absolute atomic E-state index is 0.128. The zero-order valence-corrected chi connectivity index (χ0v) is 14.7. The smallest absolute Gasteiger partial charge is 0.309 e. The summed E-state index contributed by atoms with van der Waals surface area (Å²) >= 11 is 0. The van der Waals surface area contributed by atoms with Crippen LogP contribution in [-0.2, 0) is 4.79 Å². The monoisotopic (exact) mass is 304 g/mol. The number of rotatable bonds is 2. The van der Waals surface area contributed by atoms with Gasteiger partial charge in [0.15, 0.2) is 0 Å². The van der Waals surface area contributed by atoms with E-state index in [-0.39, 0.29) is 5.41 Å². The molecule has 2 saturated carbocycles. The van der Waals surface area contributed by atoms with Gasteiger partial charge in [0, 0.05) is 0 Å². The van der Waals surface area contributed by atoms with Gasteiger partial charge in [-0.2, -0.15) is 0 Å². The van der Waals surface area contributed by atoms with Crippen LogP contribution in [-0.4, -0.2) is 11.1 Å². The molecule has 1 N–H and O–H groups in total. The van der Waals surface area contributed by atoms with Crippen molar-refractivity contribution < 1.29 is 9.90 Å². The lowest BCUT2D eigenvalue weighted by Crippen LogP contribution is -2.52. The van der Waals surface area contributed by atoms with Crippen LogP contribution in [0.5, 0.6) is 0 Å². The Hall–Kier alpha value is -0.790. The van der Waals surface area contributed by atoms with E-state index in [4.69, 9.17) is 0 Å². The molecule has 124 valence electrons. The predicted octanol–water partition coefficient (Wildman–Crippen LogP) is 5.43. The van der Waals surface area contributed by atoms with Crippen molar-refractivity contribution >= 4 is 5.97 Å². The van der Waals surface area contributed by atoms with Crippen LogP contribution in [0.4, 0.5) is 0 Å². The summed E-state index contributed by atoms with van der Waals surface area (Å²) in [6, 6.07) is 0. The second-order valence-corrected chi connectivity index (χ2v) is 9.05. The van der Waals surface area contributed by atoms with Crippen molar-refractivity contribution in [2.24, 2.45) is 28.1 Å². The maximum absolute atomic E-state index is 12.0. The van der Waals surface area contributed by atoms with Gasteiger partial charge >= 0.3 is 5.97 Å². The van der Waals surface area contributed by atoms with E-state index in [0.29, 0.717) is 17.3 Å². The van der Waals surface area contributed by atoms with Gasteiger partial charge in [-0.15, -0.1) is 0 Å². The lowest BCUT2D eigenvalue weighted by molar-refractivity contribution is -0.160. The average molecular weight is 304 g/mol. The van der Waals surface area contributed by atoms with Crippen molar-refractivity contribution in [1.82, 2.24) is 0 Å². The fourth-order valence-corrected chi connectivity index (χ4v) is 6.04. The Labute approximate surface area is 135 Å². The fraction of sp³-hybridized carbons (Fsp3) is 0.850. The number of carboxylic acid groups (broad SMARTS) is 1. The van der Waals surface area contributed by atoms with Crippen LogP contribution < -0.4 is 0 Å². The third kappa shape index (κ3) is 2.17. The van der Waals surface area contributed by atoms with Crippen LogP contribution in [0.2, 0.25) is 0 Å². The van der Waals surface area contributed by atoms with Crippen LogP contribution >= 0.6 is 0 Å². The molecule has 5 atom stereocenters. The van der Waals surface area contributed by atoms with E-state index in [2.05, 4.69) is 26.8 Å². The van der Waals surface area contributed by atoms with E-state index in [9.17, 15) is 9.90 Å². The molecule has 3 aliphatic carbocycles. The van der Waals surface area contributed by atoms with Gasteiger partial charge in [-0.1, -0.05) is 45.3 Å². The van der Waals surface area contributed by atoms with E-state index in [1.165, 1.54) is 32.1 Å². The molecule has 2 fully saturated rings.